The molecular weight excluding hydrogens is 757 g/mol. The molecule has 2 atom stereocenters. The van der Waals surface area contributed by atoms with E-state index in [1.54, 1.807) is 52.4 Å². The first-order chi connectivity index (χ1) is 28.3. The van der Waals surface area contributed by atoms with Crippen LogP contribution in [0.1, 0.15) is 57.5 Å². The summed E-state index contributed by atoms with van der Waals surface area (Å²) < 4.78 is 11.8. The SMILES string of the molecule is CNC(=O)N(C)CC1=CC(c2cc(OC)c(CN3CC(CN4CCC5(CC4)CN(c4ccc6c(c4)C(=O)N(C4CCC(=O)NC4=O)C6=O)C5)C3)c(OC)c2)=CN(C)C1O. The molecule has 4 saturated heterocycles. The number of rotatable bonds is 11. The predicted octanol–water partition coefficient (Wildman–Crippen LogP) is 1.94. The van der Waals surface area contributed by atoms with Crippen molar-refractivity contribution in [2.75, 3.05) is 92.6 Å². The number of benzene rings is 2. The predicted molar refractivity (Wildman–Crippen MR) is 219 cm³/mol. The summed E-state index contributed by atoms with van der Waals surface area (Å²) in [5.74, 6) is 0.0998. The molecule has 314 valence electrons. The molecule has 6 amide bonds. The number of aliphatic hydroxyl groups excluding tert-OH is 1. The highest BCUT2D eigenvalue weighted by atomic mass is 16.5. The van der Waals surface area contributed by atoms with E-state index in [1.807, 2.05) is 30.5 Å². The van der Waals surface area contributed by atoms with Crippen LogP contribution < -0.4 is 25.0 Å². The van der Waals surface area contributed by atoms with E-state index >= 15 is 0 Å². The van der Waals surface area contributed by atoms with Gasteiger partial charge in [0.2, 0.25) is 11.8 Å². The molecular formula is C43H54N8O8. The van der Waals surface area contributed by atoms with Gasteiger partial charge in [0.05, 0.1) is 30.9 Å². The van der Waals surface area contributed by atoms with E-state index in [-0.39, 0.29) is 36.7 Å². The quantitative estimate of drug-likeness (QED) is 0.283. The molecule has 6 aliphatic rings. The van der Waals surface area contributed by atoms with E-state index in [4.69, 9.17) is 9.47 Å². The summed E-state index contributed by atoms with van der Waals surface area (Å²) in [5, 5.41) is 15.7. The van der Waals surface area contributed by atoms with Crippen molar-refractivity contribution in [3.05, 3.63) is 70.4 Å². The third kappa shape index (κ3) is 7.64. The normalized spacial score (nSPS) is 23.3. The number of nitrogens with one attached hydrogen (secondary N) is 2. The maximum absolute atomic E-state index is 13.4. The van der Waals surface area contributed by atoms with Gasteiger partial charge < -0.3 is 39.5 Å². The summed E-state index contributed by atoms with van der Waals surface area (Å²) in [4.78, 5) is 74.3. The maximum atomic E-state index is 13.4. The third-order valence-electron chi connectivity index (χ3n) is 13.0. The zero-order valence-electron chi connectivity index (χ0n) is 34.5. The van der Waals surface area contributed by atoms with Gasteiger partial charge in [0.1, 0.15) is 17.5 Å². The van der Waals surface area contributed by atoms with E-state index < -0.39 is 30.0 Å². The third-order valence-corrected chi connectivity index (χ3v) is 13.0. The highest BCUT2D eigenvalue weighted by Crippen LogP contribution is 2.44. The number of allylic oxidation sites excluding steroid dienone is 2. The van der Waals surface area contributed by atoms with Gasteiger partial charge in [-0.05, 0) is 91.4 Å². The number of nitrogens with zero attached hydrogens (tertiary/aromatic N) is 6. The molecule has 8 rings (SSSR count). The number of aliphatic hydroxyl groups is 1. The van der Waals surface area contributed by atoms with Gasteiger partial charge >= 0.3 is 6.03 Å². The Kier molecular flexibility index (Phi) is 10.9. The van der Waals surface area contributed by atoms with Gasteiger partial charge in [0.25, 0.3) is 11.8 Å². The fourth-order valence-corrected chi connectivity index (χ4v) is 9.63. The number of carbonyl (C=O) groups is 5. The zero-order chi connectivity index (χ0) is 41.7. The molecule has 59 heavy (non-hydrogen) atoms. The molecule has 3 N–H and O–H groups in total. The Hall–Kier alpha value is -5.45. The lowest BCUT2D eigenvalue weighted by atomic mass is 9.71. The van der Waals surface area contributed by atoms with Crippen molar-refractivity contribution in [3.63, 3.8) is 0 Å². The number of fused-ring (bicyclic) bond motifs is 1. The number of methoxy groups -OCH3 is 2. The summed E-state index contributed by atoms with van der Waals surface area (Å²) in [6, 6.07) is 8.19. The van der Waals surface area contributed by atoms with Crippen LogP contribution in [0, 0.1) is 11.3 Å². The fraction of sp³-hybridized carbons (Fsp3) is 0.512. The van der Waals surface area contributed by atoms with E-state index in [0.717, 1.165) is 97.4 Å². The minimum absolute atomic E-state index is 0.0945. The Morgan fingerprint density at radius 2 is 1.66 bits per heavy atom. The number of ether oxygens (including phenoxy) is 2. The van der Waals surface area contributed by atoms with E-state index in [1.165, 1.54) is 4.90 Å². The number of amides is 6. The van der Waals surface area contributed by atoms with Gasteiger partial charge in [-0.3, -0.25) is 34.3 Å². The zero-order valence-corrected chi connectivity index (χ0v) is 34.5. The van der Waals surface area contributed by atoms with Gasteiger partial charge in [0.15, 0.2) is 6.23 Å². The lowest BCUT2D eigenvalue weighted by molar-refractivity contribution is -0.136. The molecule has 16 nitrogen and oxygen atoms in total. The number of urea groups is 1. The molecule has 1 spiro atoms. The summed E-state index contributed by atoms with van der Waals surface area (Å²) in [5.41, 5.74) is 5.22. The Morgan fingerprint density at radius 1 is 0.983 bits per heavy atom. The first kappa shape index (κ1) is 40.3. The standard InChI is InChI=1S/C43H54N8O8/c1-44-42(57)47(3)22-29-14-28(21-46(2)39(29)54)27-15-35(58-4)33(36(16-27)59-5)23-49-19-26(20-49)18-48-12-10-43(11-13-48)24-50(25-43)30-6-7-31-32(17-30)41(56)51(40(31)55)34-8-9-37(52)45-38(34)53/h6-7,14-17,21,26,34,39,54H,8-13,18-20,22-25H2,1-5H3,(H,44,57)(H,45,52,53). The Balaban J connectivity index is 0.822. The van der Waals surface area contributed by atoms with Crippen molar-refractivity contribution in [3.8, 4) is 11.5 Å². The van der Waals surface area contributed by atoms with Crippen molar-refractivity contribution >= 4 is 40.9 Å². The lowest BCUT2D eigenvalue weighted by Crippen LogP contribution is -2.61. The van der Waals surface area contributed by atoms with Gasteiger partial charge in [-0.2, -0.15) is 0 Å². The molecule has 4 fully saturated rings. The molecule has 6 aliphatic heterocycles. The minimum Gasteiger partial charge on any atom is -0.496 e. The van der Waals surface area contributed by atoms with Crippen molar-refractivity contribution in [2.45, 2.75) is 44.5 Å². The molecule has 0 aliphatic carbocycles. The maximum Gasteiger partial charge on any atom is 0.317 e. The molecule has 2 aromatic rings. The first-order valence-corrected chi connectivity index (χ1v) is 20.4. The molecule has 2 unspecified atom stereocenters. The van der Waals surface area contributed by atoms with Gasteiger partial charge in [-0.25, -0.2) is 4.79 Å². The number of piperidine rings is 2. The summed E-state index contributed by atoms with van der Waals surface area (Å²) in [6.07, 6.45) is 5.41. The van der Waals surface area contributed by atoms with E-state index in [0.29, 0.717) is 29.2 Å². The molecule has 0 saturated carbocycles. The van der Waals surface area contributed by atoms with Gasteiger partial charge in [-0.15, -0.1) is 0 Å². The fourth-order valence-electron chi connectivity index (χ4n) is 9.63. The van der Waals surface area contributed by atoms with Crippen LogP contribution in [0.4, 0.5) is 10.5 Å². The number of hydrogen-bond acceptors (Lipinski definition) is 12. The van der Waals surface area contributed by atoms with Crippen molar-refractivity contribution in [2.24, 2.45) is 11.3 Å². The number of likely N-dealkylation sites (tertiary alicyclic amines) is 2. The number of hydrogen-bond donors (Lipinski definition) is 3. The summed E-state index contributed by atoms with van der Waals surface area (Å²) >= 11 is 0. The number of imide groups is 2. The summed E-state index contributed by atoms with van der Waals surface area (Å²) in [7, 11) is 8.41. The molecule has 0 bridgehead atoms. The Morgan fingerprint density at radius 3 is 2.31 bits per heavy atom. The second-order valence-corrected chi connectivity index (χ2v) is 17.0. The molecule has 0 aromatic heterocycles. The second kappa shape index (κ2) is 16.0. The van der Waals surface area contributed by atoms with Crippen LogP contribution in [0.3, 0.4) is 0 Å². The highest BCUT2D eigenvalue weighted by molar-refractivity contribution is 6.23. The van der Waals surface area contributed by atoms with Crippen molar-refractivity contribution < 1.29 is 38.6 Å². The minimum atomic E-state index is -0.969. The monoisotopic (exact) mass is 810 g/mol. The van der Waals surface area contributed by atoms with E-state index in [9.17, 15) is 29.1 Å². The van der Waals surface area contributed by atoms with Crippen LogP contribution in [0.5, 0.6) is 11.5 Å². The summed E-state index contributed by atoms with van der Waals surface area (Å²) in [6.45, 7) is 7.91. The molecule has 16 heteroatoms. The topological polar surface area (TPSA) is 168 Å². The smallest absolute Gasteiger partial charge is 0.317 e. The van der Waals surface area contributed by atoms with E-state index in [2.05, 4.69) is 25.3 Å². The lowest BCUT2D eigenvalue weighted by Gasteiger charge is -2.55. The molecule has 6 heterocycles. The Bertz CT molecular complexity index is 2090. The van der Waals surface area contributed by atoms with Crippen molar-refractivity contribution in [1.29, 1.82) is 0 Å². The van der Waals surface area contributed by atoms with Crippen LogP contribution in [-0.2, 0) is 16.1 Å². The van der Waals surface area contributed by atoms with Gasteiger partial charge in [0, 0.05) is 90.7 Å². The van der Waals surface area contributed by atoms with Crippen LogP contribution in [0.2, 0.25) is 0 Å². The second-order valence-electron chi connectivity index (χ2n) is 17.0. The number of likely N-dealkylation sites (N-methyl/N-ethyl adjacent to an activating group) is 2. The first-order valence-electron chi connectivity index (χ1n) is 20.4. The largest absolute Gasteiger partial charge is 0.496 e. The average molecular weight is 811 g/mol. The molecule has 2 aromatic carbocycles. The Labute approximate surface area is 344 Å². The number of anilines is 1. The van der Waals surface area contributed by atoms with Crippen LogP contribution in [0.15, 0.2) is 48.2 Å². The number of carbonyl (C=O) groups excluding carboxylic acids is 5. The molecule has 0 radical (unpaired) electrons. The van der Waals surface area contributed by atoms with Gasteiger partial charge in [-0.1, -0.05) is 0 Å². The average Bonchev–Trinajstić information content (AvgIpc) is 3.45. The highest BCUT2D eigenvalue weighted by Gasteiger charge is 2.48. The van der Waals surface area contributed by atoms with Crippen molar-refractivity contribution in [1.82, 2.24) is 35.1 Å². The van der Waals surface area contributed by atoms with Crippen LogP contribution >= 0.6 is 0 Å². The van der Waals surface area contributed by atoms with Crippen LogP contribution in [0.25, 0.3) is 5.57 Å². The van der Waals surface area contributed by atoms with Crippen LogP contribution in [-0.4, -0.2) is 159 Å².